The van der Waals surface area contributed by atoms with Crippen molar-refractivity contribution < 1.29 is 14.5 Å². The number of aryl methyl sites for hydroxylation is 1. The number of carbonyl (C=O) groups is 1. The molecule has 0 saturated heterocycles. The Hall–Kier alpha value is -3.66. The quantitative estimate of drug-likeness (QED) is 0.389. The summed E-state index contributed by atoms with van der Waals surface area (Å²) in [7, 11) is 1.51. The number of rotatable bonds is 5. The van der Waals surface area contributed by atoms with E-state index in [0.717, 1.165) is 0 Å². The van der Waals surface area contributed by atoms with E-state index in [1.165, 1.54) is 25.3 Å². The first-order valence-corrected chi connectivity index (χ1v) is 7.27. The average molecular weight is 337 g/mol. The number of carbonyl (C=O) groups excluding carboxylic acids is 1. The number of hydrogen-bond donors (Lipinski definition) is 1. The molecule has 0 unspecified atom stereocenters. The molecule has 0 aliphatic heterocycles. The number of nitrogens with zero attached hydrogens (tertiary/aromatic N) is 2. The number of anilines is 1. The molecule has 2 rings (SSSR count). The minimum absolute atomic E-state index is 0.0346. The van der Waals surface area contributed by atoms with Gasteiger partial charge in [-0.05, 0) is 42.3 Å². The van der Waals surface area contributed by atoms with Gasteiger partial charge in [-0.2, -0.15) is 5.26 Å². The largest absolute Gasteiger partial charge is 0.497 e. The second-order valence-electron chi connectivity index (χ2n) is 5.18. The Kier molecular flexibility index (Phi) is 5.48. The third kappa shape index (κ3) is 4.42. The average Bonchev–Trinajstić information content (AvgIpc) is 2.61. The molecule has 2 aromatic rings. The third-order valence-electron chi connectivity index (χ3n) is 3.37. The monoisotopic (exact) mass is 337 g/mol. The first-order valence-electron chi connectivity index (χ1n) is 7.27. The van der Waals surface area contributed by atoms with Crippen molar-refractivity contribution in [2.75, 3.05) is 12.4 Å². The lowest BCUT2D eigenvalue weighted by molar-refractivity contribution is -0.384. The molecule has 25 heavy (non-hydrogen) atoms. The van der Waals surface area contributed by atoms with Crippen LogP contribution in [-0.2, 0) is 4.79 Å². The molecule has 0 spiro atoms. The highest BCUT2D eigenvalue weighted by Crippen LogP contribution is 2.26. The highest BCUT2D eigenvalue weighted by Gasteiger charge is 2.18. The third-order valence-corrected chi connectivity index (χ3v) is 3.37. The lowest BCUT2D eigenvalue weighted by Crippen LogP contribution is -2.14. The Morgan fingerprint density at radius 1 is 1.32 bits per heavy atom. The van der Waals surface area contributed by atoms with Gasteiger partial charge < -0.3 is 10.1 Å². The first-order chi connectivity index (χ1) is 11.9. The lowest BCUT2D eigenvalue weighted by atomic mass is 10.1. The van der Waals surface area contributed by atoms with E-state index < -0.39 is 10.8 Å². The van der Waals surface area contributed by atoms with Crippen molar-refractivity contribution in [2.45, 2.75) is 6.92 Å². The van der Waals surface area contributed by atoms with Crippen LogP contribution < -0.4 is 10.1 Å². The standard InChI is InChI=1S/C18H15N3O4/c1-12-6-7-16(17(8-12)21(23)24)20-18(22)14(11-19)9-13-4-3-5-15(10-13)25-2/h3-10H,1-2H3,(H,20,22). The summed E-state index contributed by atoms with van der Waals surface area (Å²) >= 11 is 0. The molecule has 126 valence electrons. The Labute approximate surface area is 144 Å². The second kappa shape index (κ2) is 7.75. The maximum atomic E-state index is 12.3. The molecule has 0 saturated carbocycles. The van der Waals surface area contributed by atoms with Crippen molar-refractivity contribution in [3.05, 3.63) is 69.3 Å². The molecular formula is C18H15N3O4. The van der Waals surface area contributed by atoms with Crippen LogP contribution in [0.4, 0.5) is 11.4 Å². The van der Waals surface area contributed by atoms with Crippen LogP contribution in [0.15, 0.2) is 48.0 Å². The van der Waals surface area contributed by atoms with Gasteiger partial charge in [-0.1, -0.05) is 18.2 Å². The molecule has 0 aliphatic carbocycles. The van der Waals surface area contributed by atoms with Gasteiger partial charge in [-0.15, -0.1) is 0 Å². The van der Waals surface area contributed by atoms with Gasteiger partial charge >= 0.3 is 0 Å². The maximum Gasteiger partial charge on any atom is 0.293 e. The van der Waals surface area contributed by atoms with Crippen LogP contribution in [0.2, 0.25) is 0 Å². The van der Waals surface area contributed by atoms with Gasteiger partial charge in [0.2, 0.25) is 0 Å². The number of nitriles is 1. The molecular weight excluding hydrogens is 322 g/mol. The molecule has 1 amide bonds. The Morgan fingerprint density at radius 2 is 2.08 bits per heavy atom. The Morgan fingerprint density at radius 3 is 2.72 bits per heavy atom. The normalized spacial score (nSPS) is 10.7. The highest BCUT2D eigenvalue weighted by molar-refractivity contribution is 6.10. The van der Waals surface area contributed by atoms with E-state index in [0.29, 0.717) is 16.9 Å². The second-order valence-corrected chi connectivity index (χ2v) is 5.18. The number of amides is 1. The van der Waals surface area contributed by atoms with Crippen LogP contribution in [0.1, 0.15) is 11.1 Å². The minimum atomic E-state index is -0.725. The first kappa shape index (κ1) is 17.7. The SMILES string of the molecule is COc1cccc(C=C(C#N)C(=O)Nc2ccc(C)cc2[N+](=O)[O-])c1. The molecule has 7 nitrogen and oxygen atoms in total. The summed E-state index contributed by atoms with van der Waals surface area (Å²) in [5.41, 5.74) is 0.920. The van der Waals surface area contributed by atoms with Crippen molar-refractivity contribution in [1.82, 2.24) is 0 Å². The predicted octanol–water partition coefficient (Wildman–Crippen LogP) is 3.46. The zero-order valence-electron chi connectivity index (χ0n) is 13.6. The maximum absolute atomic E-state index is 12.3. The number of hydrogen-bond acceptors (Lipinski definition) is 5. The number of nitrogens with one attached hydrogen (secondary N) is 1. The molecule has 2 aromatic carbocycles. The van der Waals surface area contributed by atoms with Gasteiger partial charge in [-0.3, -0.25) is 14.9 Å². The van der Waals surface area contributed by atoms with Gasteiger partial charge in [0, 0.05) is 6.07 Å². The van der Waals surface area contributed by atoms with Crippen LogP contribution in [0, 0.1) is 28.4 Å². The van der Waals surface area contributed by atoms with Gasteiger partial charge in [0.15, 0.2) is 0 Å². The number of methoxy groups -OCH3 is 1. The predicted molar refractivity (Wildman–Crippen MR) is 93.0 cm³/mol. The molecule has 0 radical (unpaired) electrons. The number of benzene rings is 2. The number of nitro benzene ring substituents is 1. The highest BCUT2D eigenvalue weighted by atomic mass is 16.6. The molecule has 1 N–H and O–H groups in total. The van der Waals surface area contributed by atoms with Crippen LogP contribution in [-0.4, -0.2) is 17.9 Å². The van der Waals surface area contributed by atoms with Crippen LogP contribution in [0.3, 0.4) is 0 Å². The topological polar surface area (TPSA) is 105 Å². The fourth-order valence-corrected chi connectivity index (χ4v) is 2.13. The van der Waals surface area contributed by atoms with E-state index in [1.54, 1.807) is 43.3 Å². The summed E-state index contributed by atoms with van der Waals surface area (Å²) in [5, 5.41) is 22.8. The van der Waals surface area contributed by atoms with Crippen molar-refractivity contribution >= 4 is 23.4 Å². The molecule has 0 aliphatic rings. The van der Waals surface area contributed by atoms with E-state index in [9.17, 15) is 20.2 Å². The fourth-order valence-electron chi connectivity index (χ4n) is 2.13. The molecule has 0 bridgehead atoms. The molecule has 0 heterocycles. The van der Waals surface area contributed by atoms with Crippen molar-refractivity contribution in [3.63, 3.8) is 0 Å². The van der Waals surface area contributed by atoms with Crippen molar-refractivity contribution in [3.8, 4) is 11.8 Å². The molecule has 0 fully saturated rings. The number of nitro groups is 1. The van der Waals surface area contributed by atoms with E-state index >= 15 is 0 Å². The zero-order valence-corrected chi connectivity index (χ0v) is 13.6. The van der Waals surface area contributed by atoms with Gasteiger partial charge in [-0.25, -0.2) is 0 Å². The van der Waals surface area contributed by atoms with E-state index in [2.05, 4.69) is 5.32 Å². The summed E-state index contributed by atoms with van der Waals surface area (Å²) in [6, 6.07) is 13.1. The van der Waals surface area contributed by atoms with Crippen LogP contribution in [0.5, 0.6) is 5.75 Å². The summed E-state index contributed by atoms with van der Waals surface area (Å²) in [4.78, 5) is 22.8. The fraction of sp³-hybridized carbons (Fsp3) is 0.111. The Bertz CT molecular complexity index is 897. The minimum Gasteiger partial charge on any atom is -0.497 e. The van der Waals surface area contributed by atoms with Crippen LogP contribution in [0.25, 0.3) is 6.08 Å². The van der Waals surface area contributed by atoms with Gasteiger partial charge in [0.1, 0.15) is 23.1 Å². The van der Waals surface area contributed by atoms with E-state index in [1.807, 2.05) is 0 Å². The zero-order chi connectivity index (χ0) is 18.4. The molecule has 0 aromatic heterocycles. The number of ether oxygens (including phenoxy) is 1. The lowest BCUT2D eigenvalue weighted by Gasteiger charge is -2.06. The van der Waals surface area contributed by atoms with E-state index in [4.69, 9.17) is 4.74 Å². The van der Waals surface area contributed by atoms with Gasteiger partial charge in [0.25, 0.3) is 11.6 Å². The summed E-state index contributed by atoms with van der Waals surface area (Å²) in [6.45, 7) is 1.71. The van der Waals surface area contributed by atoms with Gasteiger partial charge in [0.05, 0.1) is 12.0 Å². The Balaban J connectivity index is 2.31. The summed E-state index contributed by atoms with van der Waals surface area (Å²) < 4.78 is 5.09. The summed E-state index contributed by atoms with van der Waals surface area (Å²) in [6.07, 6.45) is 1.39. The molecule has 0 atom stereocenters. The smallest absolute Gasteiger partial charge is 0.293 e. The van der Waals surface area contributed by atoms with E-state index in [-0.39, 0.29) is 16.9 Å². The van der Waals surface area contributed by atoms with Crippen LogP contribution >= 0.6 is 0 Å². The van der Waals surface area contributed by atoms with Crippen molar-refractivity contribution in [1.29, 1.82) is 5.26 Å². The summed E-state index contributed by atoms with van der Waals surface area (Å²) in [5.74, 6) is -0.141. The van der Waals surface area contributed by atoms with Crippen molar-refractivity contribution in [2.24, 2.45) is 0 Å². The molecule has 7 heteroatoms.